The monoisotopic (exact) mass is 498 g/mol. The molecule has 192 valence electrons. The number of aliphatic hydroxyl groups excluding tert-OH is 1. The molecule has 0 fully saturated rings. The minimum atomic E-state index is -0.0970. The molecule has 1 unspecified atom stereocenters. The Kier molecular flexibility index (Phi) is 7.51. The van der Waals surface area contributed by atoms with Crippen molar-refractivity contribution >= 4 is 17.7 Å². The number of allylic oxidation sites excluding steroid dienone is 1. The number of carbonyl (C=O) groups is 1. The largest absolute Gasteiger partial charge is 0.489 e. The number of β-amino-alcohol motifs (C(OH)–C–C–N with tert-alkyl or cyclic N) is 1. The average molecular weight is 499 g/mol. The van der Waals surface area contributed by atoms with Crippen LogP contribution in [-0.2, 0) is 13.2 Å². The van der Waals surface area contributed by atoms with Crippen LogP contribution >= 0.6 is 0 Å². The Balaban J connectivity index is 1.40. The highest BCUT2D eigenvalue weighted by Gasteiger charge is 2.32. The molecule has 37 heavy (non-hydrogen) atoms. The van der Waals surface area contributed by atoms with Crippen molar-refractivity contribution in [2.24, 2.45) is 4.99 Å². The van der Waals surface area contributed by atoms with Gasteiger partial charge in [0.05, 0.1) is 18.8 Å². The lowest BCUT2D eigenvalue weighted by Gasteiger charge is -2.27. The number of carbonyl (C=O) groups excluding carboxylic acids is 1. The molecule has 3 aromatic rings. The summed E-state index contributed by atoms with van der Waals surface area (Å²) in [6.45, 7) is 7.06. The molecule has 1 amide bonds. The lowest BCUT2D eigenvalue weighted by molar-refractivity contribution is 0.0662. The number of hydrogen-bond acceptors (Lipinski definition) is 5. The van der Waals surface area contributed by atoms with Gasteiger partial charge in [0.25, 0.3) is 5.91 Å². The molecule has 2 aliphatic heterocycles. The fraction of sp³-hybridized carbons (Fsp3) is 0.367. The first-order chi connectivity index (χ1) is 18.1. The Bertz CT molecular complexity index is 1310. The van der Waals surface area contributed by atoms with Gasteiger partial charge in [-0.1, -0.05) is 50.2 Å². The summed E-state index contributed by atoms with van der Waals surface area (Å²) in [6.07, 6.45) is 5.71. The van der Waals surface area contributed by atoms with E-state index < -0.39 is 0 Å². The molecule has 0 bridgehead atoms. The topological polar surface area (TPSA) is 80.0 Å². The molecule has 2 aromatic carbocycles. The fourth-order valence-electron chi connectivity index (χ4n) is 4.89. The van der Waals surface area contributed by atoms with Gasteiger partial charge in [-0.05, 0) is 59.2 Å². The zero-order chi connectivity index (χ0) is 25.8. The Morgan fingerprint density at radius 1 is 1.08 bits per heavy atom. The first-order valence-electron chi connectivity index (χ1n) is 13.1. The zero-order valence-electron chi connectivity index (χ0n) is 21.6. The minimum Gasteiger partial charge on any atom is -0.489 e. The highest BCUT2D eigenvalue weighted by atomic mass is 16.5. The van der Waals surface area contributed by atoms with E-state index in [1.54, 1.807) is 4.90 Å². The summed E-state index contributed by atoms with van der Waals surface area (Å²) in [6, 6.07) is 16.5. The molecule has 1 N–H and O–H groups in total. The zero-order valence-corrected chi connectivity index (χ0v) is 21.6. The predicted molar refractivity (Wildman–Crippen MR) is 146 cm³/mol. The SMILES string of the molecule is CCC(C)c1ccc(COc2ccc(-c3c(C4=CC=NCC4)nn4c3C(=O)N(CCO)CC4)cc2)cc1. The summed E-state index contributed by atoms with van der Waals surface area (Å²) < 4.78 is 7.89. The molecule has 0 saturated heterocycles. The molecule has 0 radical (unpaired) electrons. The van der Waals surface area contributed by atoms with E-state index in [1.165, 1.54) is 5.56 Å². The number of dihydropyridines is 1. The van der Waals surface area contributed by atoms with Crippen molar-refractivity contribution in [2.75, 3.05) is 26.2 Å². The van der Waals surface area contributed by atoms with Crippen LogP contribution in [0.5, 0.6) is 5.75 Å². The second kappa shape index (κ2) is 11.1. The van der Waals surface area contributed by atoms with Crippen molar-refractivity contribution in [2.45, 2.75) is 45.8 Å². The van der Waals surface area contributed by atoms with E-state index in [2.05, 4.69) is 43.1 Å². The Morgan fingerprint density at radius 2 is 1.86 bits per heavy atom. The smallest absolute Gasteiger partial charge is 0.272 e. The van der Waals surface area contributed by atoms with Crippen LogP contribution < -0.4 is 4.74 Å². The van der Waals surface area contributed by atoms with Gasteiger partial charge >= 0.3 is 0 Å². The molecule has 3 heterocycles. The summed E-state index contributed by atoms with van der Waals surface area (Å²) in [5.41, 5.74) is 6.72. The average Bonchev–Trinajstić information content (AvgIpc) is 3.34. The van der Waals surface area contributed by atoms with Gasteiger partial charge in [-0.15, -0.1) is 0 Å². The maximum absolute atomic E-state index is 13.4. The van der Waals surface area contributed by atoms with Gasteiger partial charge in [0, 0.05) is 31.4 Å². The molecule has 1 aromatic heterocycles. The van der Waals surface area contributed by atoms with Gasteiger partial charge in [0.15, 0.2) is 0 Å². The number of fused-ring (bicyclic) bond motifs is 1. The van der Waals surface area contributed by atoms with Crippen LogP contribution in [0.4, 0.5) is 0 Å². The van der Waals surface area contributed by atoms with Crippen LogP contribution in [0.1, 0.15) is 59.9 Å². The van der Waals surface area contributed by atoms with Gasteiger partial charge in [-0.2, -0.15) is 5.10 Å². The van der Waals surface area contributed by atoms with E-state index >= 15 is 0 Å². The molecule has 7 heteroatoms. The second-order valence-corrected chi connectivity index (χ2v) is 9.67. The third kappa shape index (κ3) is 5.23. The van der Waals surface area contributed by atoms with E-state index in [1.807, 2.05) is 41.2 Å². The minimum absolute atomic E-state index is 0.0594. The lowest BCUT2D eigenvalue weighted by Crippen LogP contribution is -2.42. The van der Waals surface area contributed by atoms with Crippen molar-refractivity contribution in [3.63, 3.8) is 0 Å². The number of ether oxygens (including phenoxy) is 1. The summed E-state index contributed by atoms with van der Waals surface area (Å²) >= 11 is 0. The van der Waals surface area contributed by atoms with E-state index in [-0.39, 0.29) is 12.5 Å². The van der Waals surface area contributed by atoms with Gasteiger partial charge in [-0.3, -0.25) is 14.5 Å². The van der Waals surface area contributed by atoms with Crippen molar-refractivity contribution in [3.05, 3.63) is 77.1 Å². The van der Waals surface area contributed by atoms with Crippen LogP contribution in [0, 0.1) is 0 Å². The third-order valence-electron chi connectivity index (χ3n) is 7.30. The first kappa shape index (κ1) is 25.0. The number of nitrogens with zero attached hydrogens (tertiary/aromatic N) is 4. The second-order valence-electron chi connectivity index (χ2n) is 9.67. The predicted octanol–water partition coefficient (Wildman–Crippen LogP) is 4.95. The summed E-state index contributed by atoms with van der Waals surface area (Å²) in [4.78, 5) is 19.4. The summed E-state index contributed by atoms with van der Waals surface area (Å²) in [7, 11) is 0. The van der Waals surface area contributed by atoms with Crippen LogP contribution in [0.2, 0.25) is 0 Å². The maximum atomic E-state index is 13.4. The van der Waals surface area contributed by atoms with Gasteiger partial charge in [0.2, 0.25) is 0 Å². The van der Waals surface area contributed by atoms with E-state index in [0.29, 0.717) is 44.4 Å². The van der Waals surface area contributed by atoms with E-state index in [0.717, 1.165) is 46.5 Å². The lowest BCUT2D eigenvalue weighted by atomic mass is 9.95. The first-order valence-corrected chi connectivity index (χ1v) is 13.1. The number of benzene rings is 2. The standard InChI is InChI=1S/C30H34N4O3/c1-3-21(2)23-6-4-22(5-7-23)20-37-26-10-8-24(9-11-26)27-28(25-12-14-31-15-13-25)32-34-17-16-33(18-19-35)30(36)29(27)34/h4-12,14,21,35H,3,13,15-20H2,1-2H3. The van der Waals surface area contributed by atoms with Crippen molar-refractivity contribution in [3.8, 4) is 16.9 Å². The summed E-state index contributed by atoms with van der Waals surface area (Å²) in [5.74, 6) is 1.23. The van der Waals surface area contributed by atoms with Gasteiger partial charge in [-0.25, -0.2) is 0 Å². The Morgan fingerprint density at radius 3 is 2.54 bits per heavy atom. The van der Waals surface area contributed by atoms with Crippen LogP contribution in [0.15, 0.2) is 59.6 Å². The van der Waals surface area contributed by atoms with Crippen molar-refractivity contribution in [1.82, 2.24) is 14.7 Å². The number of amides is 1. The molecular weight excluding hydrogens is 464 g/mol. The van der Waals surface area contributed by atoms with Crippen LogP contribution in [-0.4, -0.2) is 58.1 Å². The Labute approximate surface area is 218 Å². The maximum Gasteiger partial charge on any atom is 0.272 e. The molecule has 1 atom stereocenters. The molecule has 0 spiro atoms. The van der Waals surface area contributed by atoms with Gasteiger partial charge in [0.1, 0.15) is 18.1 Å². The number of aliphatic hydroxyl groups is 1. The van der Waals surface area contributed by atoms with E-state index in [4.69, 9.17) is 9.84 Å². The van der Waals surface area contributed by atoms with E-state index in [9.17, 15) is 9.90 Å². The number of rotatable bonds is 9. The number of aromatic nitrogens is 2. The molecule has 7 nitrogen and oxygen atoms in total. The quantitative estimate of drug-likeness (QED) is 0.453. The summed E-state index contributed by atoms with van der Waals surface area (Å²) in [5, 5.41) is 14.3. The molecule has 2 aliphatic rings. The molecular formula is C30H34N4O3. The fourth-order valence-corrected chi connectivity index (χ4v) is 4.89. The third-order valence-corrected chi connectivity index (χ3v) is 7.30. The molecule has 0 aliphatic carbocycles. The van der Waals surface area contributed by atoms with Gasteiger partial charge < -0.3 is 14.7 Å². The van der Waals surface area contributed by atoms with Crippen LogP contribution in [0.3, 0.4) is 0 Å². The van der Waals surface area contributed by atoms with Crippen molar-refractivity contribution in [1.29, 1.82) is 0 Å². The molecule has 5 rings (SSSR count). The van der Waals surface area contributed by atoms with Crippen LogP contribution in [0.25, 0.3) is 16.7 Å². The molecule has 0 saturated carbocycles. The number of aliphatic imine (C=N–C) groups is 1. The highest BCUT2D eigenvalue weighted by Crippen LogP contribution is 2.36. The highest BCUT2D eigenvalue weighted by molar-refractivity contribution is 6.03. The number of hydrogen-bond donors (Lipinski definition) is 1. The Hall–Kier alpha value is -3.71. The normalized spacial score (nSPS) is 15.9. The van der Waals surface area contributed by atoms with Crippen molar-refractivity contribution < 1.29 is 14.6 Å².